The van der Waals surface area contributed by atoms with Crippen LogP contribution in [0.3, 0.4) is 0 Å². The number of aryl methyl sites for hydroxylation is 1. The fraction of sp³-hybridized carbons (Fsp3) is 0.222. The molecule has 0 amide bonds. The molecular formula is C9H10O2S. The van der Waals surface area contributed by atoms with E-state index in [2.05, 4.69) is 12.2 Å². The Hall–Kier alpha value is -0.930. The number of thiocarbonyl (C=S) groups is 1. The monoisotopic (exact) mass is 182 g/mol. The van der Waals surface area contributed by atoms with E-state index in [1.165, 1.54) is 0 Å². The average molecular weight is 182 g/mol. The van der Waals surface area contributed by atoms with Crippen molar-refractivity contribution in [1.82, 2.24) is 0 Å². The minimum Gasteiger partial charge on any atom is -0.500 e. The molecule has 2 nitrogen and oxygen atoms in total. The van der Waals surface area contributed by atoms with Gasteiger partial charge in [0.05, 0.1) is 0 Å². The zero-order valence-electron chi connectivity index (χ0n) is 6.69. The van der Waals surface area contributed by atoms with Gasteiger partial charge in [0.1, 0.15) is 6.10 Å². The van der Waals surface area contributed by atoms with Crippen molar-refractivity contribution in [2.24, 2.45) is 0 Å². The molecule has 0 fully saturated rings. The van der Waals surface area contributed by atoms with Crippen LogP contribution in [-0.4, -0.2) is 15.3 Å². The first kappa shape index (κ1) is 9.16. The van der Waals surface area contributed by atoms with E-state index in [-0.39, 0.29) is 5.05 Å². The minimum atomic E-state index is -1.04. The van der Waals surface area contributed by atoms with E-state index >= 15 is 0 Å². The minimum absolute atomic E-state index is 0.390. The molecule has 0 aliphatic heterocycles. The van der Waals surface area contributed by atoms with Gasteiger partial charge in [0.15, 0.2) is 5.05 Å². The molecule has 0 heterocycles. The van der Waals surface area contributed by atoms with E-state index in [9.17, 15) is 5.11 Å². The van der Waals surface area contributed by atoms with Crippen molar-refractivity contribution in [1.29, 1.82) is 0 Å². The number of aliphatic hydroxyl groups excluding tert-OH is 2. The Morgan fingerprint density at radius 1 is 1.33 bits per heavy atom. The summed E-state index contributed by atoms with van der Waals surface area (Å²) in [6, 6.07) is 7.19. The summed E-state index contributed by atoms with van der Waals surface area (Å²) in [5.41, 5.74) is 1.72. The molecule has 0 bridgehead atoms. The maximum absolute atomic E-state index is 9.30. The second-order valence-corrected chi connectivity index (χ2v) is 3.07. The van der Waals surface area contributed by atoms with Crippen molar-refractivity contribution in [3.8, 4) is 0 Å². The predicted octanol–water partition coefficient (Wildman–Crippen LogP) is 1.91. The van der Waals surface area contributed by atoms with Crippen LogP contribution in [0.5, 0.6) is 0 Å². The van der Waals surface area contributed by atoms with E-state index in [1.807, 2.05) is 19.1 Å². The van der Waals surface area contributed by atoms with Gasteiger partial charge in [0, 0.05) is 0 Å². The quantitative estimate of drug-likeness (QED) is 0.686. The highest BCUT2D eigenvalue weighted by Gasteiger charge is 2.10. The molecule has 0 aliphatic carbocycles. The molecule has 64 valence electrons. The van der Waals surface area contributed by atoms with Gasteiger partial charge in [-0.15, -0.1) is 0 Å². The lowest BCUT2D eigenvalue weighted by atomic mass is 10.1. The lowest BCUT2D eigenvalue weighted by Crippen LogP contribution is -2.07. The Balaban J connectivity index is 2.89. The number of hydrogen-bond acceptors (Lipinski definition) is 2. The van der Waals surface area contributed by atoms with E-state index < -0.39 is 6.10 Å². The molecule has 1 rings (SSSR count). The SMILES string of the molecule is Cc1ccc([C@@H](O)C(O)=S)cc1. The first-order valence-corrected chi connectivity index (χ1v) is 3.99. The third-order valence-electron chi connectivity index (χ3n) is 1.63. The Bertz CT molecular complexity index is 279. The van der Waals surface area contributed by atoms with Crippen LogP contribution in [-0.2, 0) is 0 Å². The van der Waals surface area contributed by atoms with Crippen molar-refractivity contribution in [3.63, 3.8) is 0 Å². The summed E-state index contributed by atoms with van der Waals surface area (Å²) >= 11 is 4.44. The molecular weight excluding hydrogens is 172 g/mol. The highest BCUT2D eigenvalue weighted by Crippen LogP contribution is 2.14. The molecule has 3 heteroatoms. The van der Waals surface area contributed by atoms with Gasteiger partial charge in [-0.25, -0.2) is 0 Å². The number of rotatable bonds is 2. The molecule has 2 N–H and O–H groups in total. The van der Waals surface area contributed by atoms with Crippen molar-refractivity contribution in [3.05, 3.63) is 35.4 Å². The van der Waals surface area contributed by atoms with E-state index in [0.29, 0.717) is 5.56 Å². The van der Waals surface area contributed by atoms with Gasteiger partial charge in [-0.1, -0.05) is 29.8 Å². The smallest absolute Gasteiger partial charge is 0.190 e. The summed E-state index contributed by atoms with van der Waals surface area (Å²) < 4.78 is 0. The largest absolute Gasteiger partial charge is 0.500 e. The van der Waals surface area contributed by atoms with Crippen molar-refractivity contribution in [2.75, 3.05) is 0 Å². The van der Waals surface area contributed by atoms with Crippen LogP contribution >= 0.6 is 12.2 Å². The van der Waals surface area contributed by atoms with Crippen LogP contribution in [0.15, 0.2) is 24.3 Å². The normalized spacial score (nSPS) is 12.5. The van der Waals surface area contributed by atoms with E-state index in [1.54, 1.807) is 12.1 Å². The zero-order valence-corrected chi connectivity index (χ0v) is 7.51. The molecule has 1 atom stereocenters. The topological polar surface area (TPSA) is 40.5 Å². The Morgan fingerprint density at radius 3 is 2.25 bits per heavy atom. The van der Waals surface area contributed by atoms with Gasteiger partial charge in [-0.05, 0) is 24.7 Å². The fourth-order valence-corrected chi connectivity index (χ4v) is 1.03. The molecule has 0 aliphatic rings. The highest BCUT2D eigenvalue weighted by molar-refractivity contribution is 7.80. The molecule has 0 spiro atoms. The lowest BCUT2D eigenvalue weighted by molar-refractivity contribution is 0.226. The van der Waals surface area contributed by atoms with Crippen LogP contribution in [0.4, 0.5) is 0 Å². The van der Waals surface area contributed by atoms with E-state index in [4.69, 9.17) is 5.11 Å². The van der Waals surface area contributed by atoms with Gasteiger partial charge in [0.2, 0.25) is 0 Å². The second-order valence-electron chi connectivity index (χ2n) is 2.65. The molecule has 0 saturated carbocycles. The van der Waals surface area contributed by atoms with Crippen molar-refractivity contribution < 1.29 is 10.2 Å². The van der Waals surface area contributed by atoms with E-state index in [0.717, 1.165) is 5.56 Å². The first-order valence-electron chi connectivity index (χ1n) is 3.58. The molecule has 0 saturated heterocycles. The van der Waals surface area contributed by atoms with Gasteiger partial charge in [-0.3, -0.25) is 0 Å². The molecule has 1 aromatic rings. The summed E-state index contributed by atoms with van der Waals surface area (Å²) in [4.78, 5) is 0. The van der Waals surface area contributed by atoms with Gasteiger partial charge in [0.25, 0.3) is 0 Å². The summed E-state index contributed by atoms with van der Waals surface area (Å²) in [7, 11) is 0. The summed E-state index contributed by atoms with van der Waals surface area (Å²) in [5, 5.41) is 17.7. The maximum atomic E-state index is 9.30. The summed E-state index contributed by atoms with van der Waals surface area (Å²) in [6.07, 6.45) is -1.04. The predicted molar refractivity (Wildman–Crippen MR) is 51.4 cm³/mol. The molecule has 12 heavy (non-hydrogen) atoms. The average Bonchev–Trinajstić information content (AvgIpc) is 2.04. The summed E-state index contributed by atoms with van der Waals surface area (Å²) in [6.45, 7) is 1.95. The first-order chi connectivity index (χ1) is 5.61. The molecule has 0 unspecified atom stereocenters. The highest BCUT2D eigenvalue weighted by atomic mass is 32.1. The number of aliphatic hydroxyl groups is 2. The summed E-state index contributed by atoms with van der Waals surface area (Å²) in [5.74, 6) is 0. The van der Waals surface area contributed by atoms with Crippen LogP contribution in [0.1, 0.15) is 17.2 Å². The van der Waals surface area contributed by atoms with Crippen LogP contribution in [0, 0.1) is 6.92 Å². The van der Waals surface area contributed by atoms with Crippen LogP contribution in [0.2, 0.25) is 0 Å². The van der Waals surface area contributed by atoms with Crippen molar-refractivity contribution >= 4 is 17.3 Å². The lowest BCUT2D eigenvalue weighted by Gasteiger charge is -2.07. The molecule has 1 aromatic carbocycles. The van der Waals surface area contributed by atoms with Gasteiger partial charge in [-0.2, -0.15) is 0 Å². The molecule has 0 radical (unpaired) electrons. The third kappa shape index (κ3) is 2.03. The van der Waals surface area contributed by atoms with Gasteiger partial charge >= 0.3 is 0 Å². The molecule has 0 aromatic heterocycles. The van der Waals surface area contributed by atoms with Crippen LogP contribution < -0.4 is 0 Å². The number of hydrogen-bond donors (Lipinski definition) is 2. The van der Waals surface area contributed by atoms with Gasteiger partial charge < -0.3 is 10.2 Å². The Morgan fingerprint density at radius 2 is 1.83 bits per heavy atom. The van der Waals surface area contributed by atoms with Crippen LogP contribution in [0.25, 0.3) is 0 Å². The van der Waals surface area contributed by atoms with Crippen molar-refractivity contribution in [2.45, 2.75) is 13.0 Å². The standard InChI is InChI=1S/C9H10O2S/c1-6-2-4-7(5-3-6)8(10)9(11)12/h2-5,8,10H,1H3,(H,11,12)/t8-/m1/s1. The third-order valence-corrected chi connectivity index (χ3v) is 1.85. The second kappa shape index (κ2) is 3.65. The zero-order chi connectivity index (χ0) is 9.14. The fourth-order valence-electron chi connectivity index (χ4n) is 0.891. The maximum Gasteiger partial charge on any atom is 0.190 e. The number of benzene rings is 1. The Kier molecular flexibility index (Phi) is 2.78. The Labute approximate surface area is 76.5 Å².